The SMILES string of the molecule is C=CC(=O)Nc1cccc(CN=C2C(=C)C=C(c3c(Cl)c(OC)cc(OC)c3Cl)NC2=NC2CN(C)C2)c1N. The molecule has 4 rings (SSSR count). The first-order valence-corrected chi connectivity index (χ1v) is 12.8. The molecule has 0 aliphatic carbocycles. The number of amidine groups is 1. The number of methoxy groups -OCH3 is 2. The van der Waals surface area contributed by atoms with Crippen LogP contribution < -0.4 is 25.8 Å². The second-order valence-corrected chi connectivity index (χ2v) is 9.84. The van der Waals surface area contributed by atoms with Crippen molar-refractivity contribution in [2.24, 2.45) is 9.98 Å². The summed E-state index contributed by atoms with van der Waals surface area (Å²) in [5.74, 6) is 1.02. The number of nitrogen functional groups attached to an aromatic ring is 1. The van der Waals surface area contributed by atoms with Gasteiger partial charge < -0.3 is 30.7 Å². The maximum absolute atomic E-state index is 11.8. The molecule has 0 aromatic heterocycles. The number of carbonyl (C=O) groups excluding carboxylic acids is 1. The number of nitrogens with two attached hydrogens (primary N) is 1. The molecule has 2 aliphatic heterocycles. The van der Waals surface area contributed by atoms with E-state index in [0.717, 1.165) is 18.7 Å². The van der Waals surface area contributed by atoms with Crippen LogP contribution in [-0.2, 0) is 11.3 Å². The van der Waals surface area contributed by atoms with Gasteiger partial charge in [-0.05, 0) is 36.4 Å². The topological polar surface area (TPSA) is 114 Å². The molecule has 0 unspecified atom stereocenters. The van der Waals surface area contributed by atoms with E-state index in [4.69, 9.17) is 48.4 Å². The molecule has 2 aromatic rings. The Balaban J connectivity index is 1.74. The zero-order valence-electron chi connectivity index (χ0n) is 22.0. The van der Waals surface area contributed by atoms with Crippen LogP contribution in [0.1, 0.15) is 11.1 Å². The zero-order chi connectivity index (χ0) is 28.3. The number of benzene rings is 2. The molecule has 0 bridgehead atoms. The summed E-state index contributed by atoms with van der Waals surface area (Å²) in [5, 5.41) is 6.72. The van der Waals surface area contributed by atoms with Crippen LogP contribution >= 0.6 is 23.2 Å². The summed E-state index contributed by atoms with van der Waals surface area (Å²) in [5.41, 5.74) is 10.3. The fraction of sp³-hybridized carbons (Fsp3) is 0.250. The van der Waals surface area contributed by atoms with Crippen molar-refractivity contribution in [3.8, 4) is 11.5 Å². The molecule has 1 saturated heterocycles. The number of nitrogens with zero attached hydrogens (tertiary/aromatic N) is 3. The van der Waals surface area contributed by atoms with Gasteiger partial charge >= 0.3 is 0 Å². The van der Waals surface area contributed by atoms with E-state index in [1.807, 2.05) is 13.1 Å². The predicted octanol–water partition coefficient (Wildman–Crippen LogP) is 4.57. The second kappa shape index (κ2) is 11.9. The van der Waals surface area contributed by atoms with Gasteiger partial charge in [-0.1, -0.05) is 48.5 Å². The quantitative estimate of drug-likeness (QED) is 0.317. The van der Waals surface area contributed by atoms with Crippen molar-refractivity contribution in [3.05, 3.63) is 76.3 Å². The molecule has 2 aromatic carbocycles. The predicted molar refractivity (Wildman–Crippen MR) is 159 cm³/mol. The van der Waals surface area contributed by atoms with Gasteiger partial charge in [-0.25, -0.2) is 0 Å². The first-order valence-electron chi connectivity index (χ1n) is 12.1. The molecule has 0 radical (unpaired) electrons. The monoisotopic (exact) mass is 568 g/mol. The van der Waals surface area contributed by atoms with E-state index in [1.54, 1.807) is 24.3 Å². The Bertz CT molecular complexity index is 1400. The van der Waals surface area contributed by atoms with Crippen molar-refractivity contribution in [1.82, 2.24) is 10.2 Å². The van der Waals surface area contributed by atoms with Crippen LogP contribution in [0.3, 0.4) is 0 Å². The van der Waals surface area contributed by atoms with Crippen LogP contribution in [0.4, 0.5) is 11.4 Å². The first kappa shape index (κ1) is 28.2. The summed E-state index contributed by atoms with van der Waals surface area (Å²) in [6.45, 7) is 9.59. The molecule has 0 saturated carbocycles. The molecule has 0 atom stereocenters. The standard InChI is InChI=1S/C28H30Cl2N6O3/c1-6-22(37)34-18-9-7-8-16(26(18)31)12-32-27-15(2)10-19(35-28(27)33-17-13-36(3)14-17)23-24(29)20(38-4)11-21(39-5)25(23)30/h6-11,17H,1-2,12-14,31H2,3-5H3,(H,33,35)(H,34,37). The highest BCUT2D eigenvalue weighted by Crippen LogP contribution is 2.43. The number of carbonyl (C=O) groups is 1. The van der Waals surface area contributed by atoms with Crippen molar-refractivity contribution in [1.29, 1.82) is 0 Å². The Morgan fingerprint density at radius 2 is 1.92 bits per heavy atom. The fourth-order valence-corrected chi connectivity index (χ4v) is 4.99. The van der Waals surface area contributed by atoms with E-state index in [1.165, 1.54) is 20.3 Å². The van der Waals surface area contributed by atoms with Gasteiger partial charge in [0.05, 0.1) is 53.9 Å². The number of aliphatic imine (C=N–C) groups is 2. The van der Waals surface area contributed by atoms with Crippen LogP contribution in [-0.4, -0.2) is 62.8 Å². The summed E-state index contributed by atoms with van der Waals surface area (Å²) in [6, 6.07) is 7.09. The summed E-state index contributed by atoms with van der Waals surface area (Å²) < 4.78 is 10.9. The van der Waals surface area contributed by atoms with Gasteiger partial charge in [0.1, 0.15) is 17.2 Å². The van der Waals surface area contributed by atoms with Gasteiger partial charge in [-0.2, -0.15) is 0 Å². The largest absolute Gasteiger partial charge is 0.495 e. The Morgan fingerprint density at radius 3 is 2.51 bits per heavy atom. The lowest BCUT2D eigenvalue weighted by Gasteiger charge is -2.34. The van der Waals surface area contributed by atoms with Gasteiger partial charge in [0, 0.05) is 24.7 Å². The third-order valence-electron chi connectivity index (χ3n) is 6.35. The Labute approximate surface area is 237 Å². The minimum absolute atomic E-state index is 0.0863. The number of rotatable bonds is 8. The highest BCUT2D eigenvalue weighted by molar-refractivity contribution is 6.51. The molecule has 0 spiro atoms. The van der Waals surface area contributed by atoms with E-state index in [-0.39, 0.29) is 18.5 Å². The van der Waals surface area contributed by atoms with Crippen LogP contribution in [0.5, 0.6) is 11.5 Å². The van der Waals surface area contributed by atoms with Crippen molar-refractivity contribution in [2.75, 3.05) is 45.4 Å². The molecular formula is C28H30Cl2N6O3. The average molecular weight is 569 g/mol. The molecule has 39 heavy (non-hydrogen) atoms. The Hall–Kier alpha value is -3.79. The molecule has 4 N–H and O–H groups in total. The van der Waals surface area contributed by atoms with Crippen molar-refractivity contribution >= 4 is 57.7 Å². The van der Waals surface area contributed by atoms with Crippen LogP contribution in [0, 0.1) is 0 Å². The second-order valence-electron chi connectivity index (χ2n) is 9.08. The summed E-state index contributed by atoms with van der Waals surface area (Å²) in [6.07, 6.45) is 2.99. The molecule has 9 nitrogen and oxygen atoms in total. The third-order valence-corrected chi connectivity index (χ3v) is 7.10. The van der Waals surface area contributed by atoms with Crippen LogP contribution in [0.15, 0.2) is 65.1 Å². The smallest absolute Gasteiger partial charge is 0.247 e. The van der Waals surface area contributed by atoms with Gasteiger partial charge in [-0.15, -0.1) is 0 Å². The number of amides is 1. The van der Waals surface area contributed by atoms with E-state index in [0.29, 0.717) is 61.3 Å². The molecule has 1 fully saturated rings. The maximum Gasteiger partial charge on any atom is 0.247 e. The third kappa shape index (κ3) is 5.95. The number of para-hydroxylation sites is 1. The molecule has 2 heterocycles. The number of ether oxygens (including phenoxy) is 2. The number of nitrogens with one attached hydrogen (secondary N) is 2. The number of likely N-dealkylation sites (tertiary alicyclic amines) is 1. The molecule has 11 heteroatoms. The number of halogens is 2. The highest BCUT2D eigenvalue weighted by Gasteiger charge is 2.29. The van der Waals surface area contributed by atoms with Crippen LogP contribution in [0.2, 0.25) is 10.0 Å². The maximum atomic E-state index is 11.8. The minimum Gasteiger partial charge on any atom is -0.495 e. The number of hydrogen-bond donors (Lipinski definition) is 3. The minimum atomic E-state index is -0.348. The first-order chi connectivity index (χ1) is 18.7. The van der Waals surface area contributed by atoms with Gasteiger partial charge in [0.25, 0.3) is 0 Å². The van der Waals surface area contributed by atoms with Gasteiger partial charge in [0.15, 0.2) is 5.84 Å². The van der Waals surface area contributed by atoms with Crippen molar-refractivity contribution in [3.63, 3.8) is 0 Å². The Kier molecular flexibility index (Phi) is 8.64. The zero-order valence-corrected chi connectivity index (χ0v) is 23.5. The van der Waals surface area contributed by atoms with E-state index in [2.05, 4.69) is 28.7 Å². The highest BCUT2D eigenvalue weighted by atomic mass is 35.5. The lowest BCUT2D eigenvalue weighted by atomic mass is 10.00. The number of anilines is 2. The van der Waals surface area contributed by atoms with Crippen LogP contribution in [0.25, 0.3) is 5.70 Å². The number of allylic oxidation sites excluding steroid dienone is 1. The van der Waals surface area contributed by atoms with Gasteiger partial charge in [0.2, 0.25) is 5.91 Å². The van der Waals surface area contributed by atoms with Crippen molar-refractivity contribution in [2.45, 2.75) is 12.6 Å². The average Bonchev–Trinajstić information content (AvgIpc) is 2.89. The number of likely N-dealkylation sites (N-methyl/N-ethyl adjacent to an activating group) is 1. The summed E-state index contributed by atoms with van der Waals surface area (Å²) in [4.78, 5) is 23.7. The lowest BCUT2D eigenvalue weighted by Crippen LogP contribution is -2.49. The molecular weight excluding hydrogens is 539 g/mol. The molecule has 204 valence electrons. The normalized spacial score (nSPS) is 17.9. The fourth-order valence-electron chi connectivity index (χ4n) is 4.28. The molecule has 2 aliphatic rings. The van der Waals surface area contributed by atoms with Crippen molar-refractivity contribution < 1.29 is 14.3 Å². The lowest BCUT2D eigenvalue weighted by molar-refractivity contribution is -0.111. The van der Waals surface area contributed by atoms with E-state index >= 15 is 0 Å². The summed E-state index contributed by atoms with van der Waals surface area (Å²) >= 11 is 13.4. The van der Waals surface area contributed by atoms with E-state index < -0.39 is 0 Å². The molecule has 1 amide bonds. The Morgan fingerprint density at radius 1 is 1.26 bits per heavy atom. The summed E-state index contributed by atoms with van der Waals surface area (Å²) in [7, 11) is 5.08. The van der Waals surface area contributed by atoms with Gasteiger partial charge in [-0.3, -0.25) is 14.8 Å². The van der Waals surface area contributed by atoms with E-state index in [9.17, 15) is 4.79 Å². The number of hydrogen-bond acceptors (Lipinski definition) is 7.